The lowest BCUT2D eigenvalue weighted by Gasteiger charge is -2.15. The molecule has 0 saturated carbocycles. The third-order valence-corrected chi connectivity index (χ3v) is 2.67. The van der Waals surface area contributed by atoms with Crippen molar-refractivity contribution in [1.29, 1.82) is 0 Å². The summed E-state index contributed by atoms with van der Waals surface area (Å²) in [7, 11) is 0. The number of nitrogens with two attached hydrogens (primary N) is 1. The molecule has 0 spiro atoms. The van der Waals surface area contributed by atoms with Crippen molar-refractivity contribution in [2.24, 2.45) is 5.50 Å². The van der Waals surface area contributed by atoms with Gasteiger partial charge in [-0.05, 0) is 24.6 Å². The van der Waals surface area contributed by atoms with Gasteiger partial charge in [0.2, 0.25) is 0 Å². The van der Waals surface area contributed by atoms with Gasteiger partial charge in [-0.3, -0.25) is 5.50 Å². The zero-order valence-electron chi connectivity index (χ0n) is 7.08. The average molecular weight is 197 g/mol. The maximum absolute atomic E-state index is 5.57. The standard InChI is InChI=1S/C6H16NO2PS/c1-3-5-8-10(7,11)9-6-4-2/h3-6H2,1-2H3,(H2,7,11). The molecule has 0 radical (unpaired) electrons. The lowest BCUT2D eigenvalue weighted by molar-refractivity contribution is 0.247. The smallest absolute Gasteiger partial charge is 0.258 e. The van der Waals surface area contributed by atoms with Crippen molar-refractivity contribution in [3.63, 3.8) is 0 Å². The number of hydrogen-bond acceptors (Lipinski definition) is 3. The fraction of sp³-hybridized carbons (Fsp3) is 1.00. The van der Waals surface area contributed by atoms with Crippen molar-refractivity contribution in [2.45, 2.75) is 26.7 Å². The van der Waals surface area contributed by atoms with Crippen LogP contribution in [-0.4, -0.2) is 13.2 Å². The topological polar surface area (TPSA) is 44.5 Å². The molecule has 11 heavy (non-hydrogen) atoms. The van der Waals surface area contributed by atoms with Crippen LogP contribution in [0.3, 0.4) is 0 Å². The molecule has 0 bridgehead atoms. The van der Waals surface area contributed by atoms with Crippen LogP contribution >= 0.6 is 6.64 Å². The van der Waals surface area contributed by atoms with E-state index in [1.807, 2.05) is 13.8 Å². The van der Waals surface area contributed by atoms with Crippen LogP contribution in [0.4, 0.5) is 0 Å². The first-order valence-corrected chi connectivity index (χ1v) is 6.50. The molecule has 0 heterocycles. The molecule has 0 aromatic heterocycles. The number of rotatable bonds is 6. The highest BCUT2D eigenvalue weighted by Crippen LogP contribution is 2.39. The van der Waals surface area contributed by atoms with E-state index >= 15 is 0 Å². The van der Waals surface area contributed by atoms with Crippen molar-refractivity contribution in [3.8, 4) is 0 Å². The first-order valence-electron chi connectivity index (χ1n) is 3.80. The van der Waals surface area contributed by atoms with Gasteiger partial charge in [-0.1, -0.05) is 13.8 Å². The van der Waals surface area contributed by atoms with Gasteiger partial charge in [0.05, 0.1) is 13.2 Å². The number of hydrogen-bond donors (Lipinski definition) is 1. The van der Waals surface area contributed by atoms with Crippen LogP contribution in [0.5, 0.6) is 0 Å². The molecular formula is C6H16NO2PS. The van der Waals surface area contributed by atoms with E-state index in [2.05, 4.69) is 0 Å². The van der Waals surface area contributed by atoms with E-state index in [4.69, 9.17) is 26.4 Å². The van der Waals surface area contributed by atoms with Crippen LogP contribution in [0, 0.1) is 0 Å². The van der Waals surface area contributed by atoms with Gasteiger partial charge >= 0.3 is 0 Å². The minimum Gasteiger partial charge on any atom is -0.318 e. The predicted molar refractivity (Wildman–Crippen MR) is 51.0 cm³/mol. The van der Waals surface area contributed by atoms with E-state index < -0.39 is 6.64 Å². The van der Waals surface area contributed by atoms with Gasteiger partial charge in [-0.15, -0.1) is 0 Å². The lowest BCUT2D eigenvalue weighted by Crippen LogP contribution is -2.04. The summed E-state index contributed by atoms with van der Waals surface area (Å²) in [6.07, 6.45) is 1.84. The Hall–Kier alpha value is 0.530. The summed E-state index contributed by atoms with van der Waals surface area (Å²) < 4.78 is 10.3. The molecule has 0 amide bonds. The second-order valence-corrected chi connectivity index (χ2v) is 5.33. The third-order valence-electron chi connectivity index (χ3n) is 0.951. The SMILES string of the molecule is CCCOP(N)(=S)OCCC. The van der Waals surface area contributed by atoms with Crippen LogP contribution in [-0.2, 0) is 20.9 Å². The van der Waals surface area contributed by atoms with E-state index in [9.17, 15) is 0 Å². The Bertz CT molecular complexity index is 131. The van der Waals surface area contributed by atoms with Crippen molar-refractivity contribution in [1.82, 2.24) is 0 Å². The quantitative estimate of drug-likeness (QED) is 0.662. The molecule has 0 rings (SSSR count). The van der Waals surface area contributed by atoms with Gasteiger partial charge in [0.25, 0.3) is 6.64 Å². The second kappa shape index (κ2) is 6.09. The maximum Gasteiger partial charge on any atom is 0.258 e. The van der Waals surface area contributed by atoms with Crippen LogP contribution in [0.15, 0.2) is 0 Å². The molecule has 0 unspecified atom stereocenters. The normalized spacial score (nSPS) is 11.9. The highest BCUT2D eigenvalue weighted by atomic mass is 32.5. The van der Waals surface area contributed by atoms with E-state index in [0.717, 1.165) is 12.8 Å². The molecule has 3 nitrogen and oxygen atoms in total. The molecule has 0 aliphatic carbocycles. The average Bonchev–Trinajstić information content (AvgIpc) is 1.97. The van der Waals surface area contributed by atoms with Gasteiger partial charge in [-0.25, -0.2) is 0 Å². The van der Waals surface area contributed by atoms with Crippen LogP contribution in [0.1, 0.15) is 26.7 Å². The van der Waals surface area contributed by atoms with Crippen LogP contribution < -0.4 is 5.50 Å². The van der Waals surface area contributed by atoms with Crippen molar-refractivity contribution in [3.05, 3.63) is 0 Å². The molecule has 68 valence electrons. The van der Waals surface area contributed by atoms with Crippen LogP contribution in [0.2, 0.25) is 0 Å². The van der Waals surface area contributed by atoms with E-state index in [-0.39, 0.29) is 0 Å². The van der Waals surface area contributed by atoms with Gasteiger partial charge in [-0.2, -0.15) is 0 Å². The summed E-state index contributed by atoms with van der Waals surface area (Å²) in [5, 5.41) is 0. The molecule has 5 heteroatoms. The summed E-state index contributed by atoms with van der Waals surface area (Å²) in [4.78, 5) is 0. The van der Waals surface area contributed by atoms with Gasteiger partial charge in [0.15, 0.2) is 0 Å². The Balaban J connectivity index is 3.53. The zero-order valence-corrected chi connectivity index (χ0v) is 8.79. The second-order valence-electron chi connectivity index (χ2n) is 2.21. The molecule has 0 aromatic carbocycles. The summed E-state index contributed by atoms with van der Waals surface area (Å²) >= 11 is 4.92. The Morgan fingerprint density at radius 1 is 1.18 bits per heavy atom. The largest absolute Gasteiger partial charge is 0.318 e. The fourth-order valence-electron chi connectivity index (χ4n) is 0.474. The molecule has 2 N–H and O–H groups in total. The Kier molecular flexibility index (Phi) is 6.38. The molecule has 0 fully saturated rings. The Morgan fingerprint density at radius 3 is 1.82 bits per heavy atom. The van der Waals surface area contributed by atoms with Crippen molar-refractivity contribution >= 4 is 18.4 Å². The summed E-state index contributed by atoms with van der Waals surface area (Å²) in [5.74, 6) is 0. The molecule has 0 saturated heterocycles. The summed E-state index contributed by atoms with van der Waals surface area (Å²) in [5.41, 5.74) is 5.57. The van der Waals surface area contributed by atoms with E-state index in [1.54, 1.807) is 0 Å². The fourth-order valence-corrected chi connectivity index (χ4v) is 1.87. The Morgan fingerprint density at radius 2 is 1.55 bits per heavy atom. The minimum atomic E-state index is -2.39. The van der Waals surface area contributed by atoms with Crippen molar-refractivity contribution < 1.29 is 9.05 Å². The highest BCUT2D eigenvalue weighted by molar-refractivity contribution is 8.08. The maximum atomic E-state index is 5.57. The van der Waals surface area contributed by atoms with E-state index in [0.29, 0.717) is 13.2 Å². The van der Waals surface area contributed by atoms with Crippen LogP contribution in [0.25, 0.3) is 0 Å². The van der Waals surface area contributed by atoms with Gasteiger partial charge in [0, 0.05) is 0 Å². The molecule has 0 aliphatic rings. The highest BCUT2D eigenvalue weighted by Gasteiger charge is 2.10. The first kappa shape index (κ1) is 11.5. The van der Waals surface area contributed by atoms with Gasteiger partial charge in [0.1, 0.15) is 0 Å². The van der Waals surface area contributed by atoms with Crippen molar-refractivity contribution in [2.75, 3.05) is 13.2 Å². The predicted octanol–water partition coefficient (Wildman–Crippen LogP) is 2.02. The monoisotopic (exact) mass is 197 g/mol. The van der Waals surface area contributed by atoms with Gasteiger partial charge < -0.3 is 9.05 Å². The summed E-state index contributed by atoms with van der Waals surface area (Å²) in [6, 6.07) is 0. The third kappa shape index (κ3) is 6.91. The summed E-state index contributed by atoms with van der Waals surface area (Å²) in [6.45, 7) is 2.82. The first-order chi connectivity index (χ1) is 5.12. The molecule has 0 aliphatic heterocycles. The minimum absolute atomic E-state index is 0.595. The Labute approximate surface area is 73.5 Å². The van der Waals surface area contributed by atoms with E-state index in [1.165, 1.54) is 0 Å². The zero-order chi connectivity index (χ0) is 8.74. The lowest BCUT2D eigenvalue weighted by atomic mass is 10.5. The molecule has 0 aromatic rings. The molecular weight excluding hydrogens is 181 g/mol. The molecule has 0 atom stereocenters.